The lowest BCUT2D eigenvalue weighted by Crippen LogP contribution is -2.19. The average Bonchev–Trinajstić information content (AvgIpc) is 3.26. The zero-order chi connectivity index (χ0) is 23.7. The van der Waals surface area contributed by atoms with Gasteiger partial charge in [0, 0.05) is 46.2 Å². The molecule has 7 nitrogen and oxygen atoms in total. The number of hydrogen-bond donors (Lipinski definition) is 3. The van der Waals surface area contributed by atoms with Gasteiger partial charge >= 0.3 is 0 Å². The third-order valence-electron chi connectivity index (χ3n) is 5.79. The zero-order valence-electron chi connectivity index (χ0n) is 18.2. The van der Waals surface area contributed by atoms with Crippen LogP contribution in [0.5, 0.6) is 0 Å². The highest BCUT2D eigenvalue weighted by molar-refractivity contribution is 9.10. The number of nitrogens with zero attached hydrogens (tertiary/aromatic N) is 1. The second-order valence-corrected chi connectivity index (χ2v) is 9.13. The van der Waals surface area contributed by atoms with E-state index in [0.717, 1.165) is 38.1 Å². The molecular weight excluding hydrogens is 496 g/mol. The number of ketones is 1. The molecule has 0 spiro atoms. The fourth-order valence-electron chi connectivity index (χ4n) is 3.98. The van der Waals surface area contributed by atoms with E-state index in [-0.39, 0.29) is 30.4 Å². The summed E-state index contributed by atoms with van der Waals surface area (Å²) in [5.74, 6) is 0.421. The molecule has 0 bridgehead atoms. The van der Waals surface area contributed by atoms with Gasteiger partial charge in [-0.3, -0.25) is 14.4 Å². The minimum absolute atomic E-state index is 0.0119. The maximum absolute atomic E-state index is 12.6. The smallest absolute Gasteiger partial charge is 0.224 e. The number of aromatic amines is 1. The Balaban J connectivity index is 1.18. The van der Waals surface area contributed by atoms with Gasteiger partial charge in [-0.15, -0.1) is 0 Å². The number of aromatic nitrogens is 2. The highest BCUT2D eigenvalue weighted by atomic mass is 79.9. The summed E-state index contributed by atoms with van der Waals surface area (Å²) in [4.78, 5) is 44.3. The fourth-order valence-corrected chi connectivity index (χ4v) is 4.34. The maximum Gasteiger partial charge on any atom is 0.224 e. The van der Waals surface area contributed by atoms with Crippen molar-refractivity contribution in [1.29, 1.82) is 0 Å². The van der Waals surface area contributed by atoms with Crippen molar-refractivity contribution in [3.8, 4) is 11.4 Å². The van der Waals surface area contributed by atoms with Crippen LogP contribution in [0.15, 0.2) is 65.1 Å². The molecule has 0 saturated heterocycles. The molecule has 1 aliphatic heterocycles. The molecule has 0 saturated carbocycles. The van der Waals surface area contributed by atoms with Gasteiger partial charge in [0.15, 0.2) is 5.78 Å². The van der Waals surface area contributed by atoms with Crippen LogP contribution >= 0.6 is 15.9 Å². The molecule has 0 fully saturated rings. The molecule has 34 heavy (non-hydrogen) atoms. The largest absolute Gasteiger partial charge is 0.338 e. The van der Waals surface area contributed by atoms with Crippen LogP contribution in [-0.2, 0) is 16.0 Å². The molecule has 3 aromatic carbocycles. The summed E-state index contributed by atoms with van der Waals surface area (Å²) in [6.07, 6.45) is 1.24. The number of nitrogens with one attached hydrogen (secondary N) is 3. The Morgan fingerprint density at radius 1 is 0.971 bits per heavy atom. The van der Waals surface area contributed by atoms with Crippen LogP contribution in [0.1, 0.15) is 35.2 Å². The fraction of sp³-hybridized carbons (Fsp3) is 0.154. The van der Waals surface area contributed by atoms with E-state index in [2.05, 4.69) is 36.5 Å². The van der Waals surface area contributed by atoms with Crippen molar-refractivity contribution >= 4 is 55.9 Å². The number of carbonyl (C=O) groups excluding carboxylic acids is 3. The summed E-state index contributed by atoms with van der Waals surface area (Å²) in [5, 5.41) is 5.65. The molecule has 2 amide bonds. The molecule has 0 radical (unpaired) electrons. The molecule has 1 aromatic heterocycles. The van der Waals surface area contributed by atoms with Crippen molar-refractivity contribution in [2.45, 2.75) is 25.7 Å². The van der Waals surface area contributed by atoms with Crippen LogP contribution in [-0.4, -0.2) is 27.6 Å². The van der Waals surface area contributed by atoms with E-state index in [9.17, 15) is 14.4 Å². The maximum atomic E-state index is 12.6. The van der Waals surface area contributed by atoms with Gasteiger partial charge in [0.05, 0.1) is 11.0 Å². The van der Waals surface area contributed by atoms with E-state index < -0.39 is 0 Å². The predicted molar refractivity (Wildman–Crippen MR) is 135 cm³/mol. The second-order valence-electron chi connectivity index (χ2n) is 8.22. The number of H-pyrrole nitrogens is 1. The van der Waals surface area contributed by atoms with Crippen LogP contribution in [0, 0.1) is 0 Å². The molecule has 8 heteroatoms. The Morgan fingerprint density at radius 3 is 2.62 bits per heavy atom. The number of Topliss-reactive ketones (excluding diaryl/α,β-unsaturated/α-hetero) is 1. The number of amides is 2. The van der Waals surface area contributed by atoms with Crippen molar-refractivity contribution in [3.63, 3.8) is 0 Å². The average molecular weight is 517 g/mol. The number of benzene rings is 3. The molecule has 0 atom stereocenters. The molecule has 4 aromatic rings. The molecule has 0 unspecified atom stereocenters. The van der Waals surface area contributed by atoms with Gasteiger partial charge in [-0.1, -0.05) is 15.9 Å². The number of rotatable bonds is 6. The number of aryl methyl sites for hydroxylation is 1. The van der Waals surface area contributed by atoms with Crippen LogP contribution in [0.25, 0.3) is 22.4 Å². The molecule has 0 aliphatic carbocycles. The second kappa shape index (κ2) is 9.23. The number of imidazole rings is 1. The third kappa shape index (κ3) is 4.77. The summed E-state index contributed by atoms with van der Waals surface area (Å²) in [7, 11) is 0. The number of hydrogen-bond acceptors (Lipinski definition) is 4. The molecular formula is C26H21BrN4O3. The molecule has 2 heterocycles. The third-order valence-corrected chi connectivity index (χ3v) is 6.28. The van der Waals surface area contributed by atoms with Crippen molar-refractivity contribution in [2.75, 3.05) is 10.6 Å². The van der Waals surface area contributed by atoms with Gasteiger partial charge < -0.3 is 15.6 Å². The number of fused-ring (bicyclic) bond motifs is 2. The number of carbonyl (C=O) groups is 3. The SMILES string of the molecule is O=C(CCC(=O)c1ccc2c(c1)CCC(=O)N2)Nc1ccc(-c2nc3ccc(Br)cc3[nH]2)cc1. The van der Waals surface area contributed by atoms with Crippen molar-refractivity contribution in [2.24, 2.45) is 0 Å². The Hall–Kier alpha value is -3.78. The van der Waals surface area contributed by atoms with Crippen molar-refractivity contribution in [1.82, 2.24) is 9.97 Å². The van der Waals surface area contributed by atoms with E-state index in [4.69, 9.17) is 0 Å². The normalized spacial score (nSPS) is 12.8. The Labute approximate surface area is 204 Å². The Morgan fingerprint density at radius 2 is 1.79 bits per heavy atom. The Kier molecular flexibility index (Phi) is 5.98. The van der Waals surface area contributed by atoms with Crippen LogP contribution in [0.3, 0.4) is 0 Å². The molecule has 3 N–H and O–H groups in total. The van der Waals surface area contributed by atoms with Crippen LogP contribution in [0.4, 0.5) is 11.4 Å². The van der Waals surface area contributed by atoms with Gasteiger partial charge in [0.1, 0.15) is 5.82 Å². The topological polar surface area (TPSA) is 104 Å². The van der Waals surface area contributed by atoms with Gasteiger partial charge in [0.2, 0.25) is 11.8 Å². The van der Waals surface area contributed by atoms with Crippen LogP contribution in [0.2, 0.25) is 0 Å². The minimum atomic E-state index is -0.222. The lowest BCUT2D eigenvalue weighted by Gasteiger charge is -2.17. The van der Waals surface area contributed by atoms with Gasteiger partial charge in [-0.25, -0.2) is 4.98 Å². The number of anilines is 2. The first-order chi connectivity index (χ1) is 16.4. The summed E-state index contributed by atoms with van der Waals surface area (Å²) >= 11 is 3.46. The summed E-state index contributed by atoms with van der Waals surface area (Å²) < 4.78 is 0.979. The predicted octanol–water partition coefficient (Wildman–Crippen LogP) is 5.48. The van der Waals surface area contributed by atoms with E-state index in [1.54, 1.807) is 12.1 Å². The quantitative estimate of drug-likeness (QED) is 0.295. The van der Waals surface area contributed by atoms with E-state index in [1.807, 2.05) is 48.5 Å². The lowest BCUT2D eigenvalue weighted by molar-refractivity contribution is -0.117. The summed E-state index contributed by atoms with van der Waals surface area (Å²) in [6, 6.07) is 18.5. The monoisotopic (exact) mass is 516 g/mol. The van der Waals surface area contributed by atoms with Gasteiger partial charge in [-0.05, 0) is 72.6 Å². The molecule has 1 aliphatic rings. The minimum Gasteiger partial charge on any atom is -0.338 e. The first kappa shape index (κ1) is 22.0. The summed E-state index contributed by atoms with van der Waals surface area (Å²) in [5.41, 5.74) is 5.65. The van der Waals surface area contributed by atoms with E-state index in [0.29, 0.717) is 24.1 Å². The summed E-state index contributed by atoms with van der Waals surface area (Å²) in [6.45, 7) is 0. The van der Waals surface area contributed by atoms with E-state index in [1.165, 1.54) is 0 Å². The van der Waals surface area contributed by atoms with E-state index >= 15 is 0 Å². The first-order valence-electron chi connectivity index (χ1n) is 11.0. The first-order valence-corrected chi connectivity index (χ1v) is 11.8. The standard InChI is InChI=1S/C26H21BrN4O3/c27-18-5-9-21-22(14-18)31-26(30-21)15-1-6-19(7-2-15)28-24(33)12-10-23(32)17-3-8-20-16(13-17)4-11-25(34)29-20/h1-3,5-9,13-14H,4,10-12H2,(H,28,33)(H,29,34)(H,30,31). The van der Waals surface area contributed by atoms with Gasteiger partial charge in [-0.2, -0.15) is 0 Å². The highest BCUT2D eigenvalue weighted by Crippen LogP contribution is 2.25. The number of halogens is 1. The zero-order valence-corrected chi connectivity index (χ0v) is 19.7. The van der Waals surface area contributed by atoms with Crippen molar-refractivity contribution in [3.05, 3.63) is 76.3 Å². The van der Waals surface area contributed by atoms with Gasteiger partial charge in [0.25, 0.3) is 0 Å². The lowest BCUT2D eigenvalue weighted by atomic mass is 9.97. The van der Waals surface area contributed by atoms with Crippen molar-refractivity contribution < 1.29 is 14.4 Å². The highest BCUT2D eigenvalue weighted by Gasteiger charge is 2.17. The van der Waals surface area contributed by atoms with Crippen LogP contribution < -0.4 is 10.6 Å². The molecule has 170 valence electrons. The Bertz CT molecular complexity index is 1430. The molecule has 5 rings (SSSR count).